The van der Waals surface area contributed by atoms with Gasteiger partial charge in [0.15, 0.2) is 0 Å². The Morgan fingerprint density at radius 3 is 2.47 bits per heavy atom. The molecule has 0 aliphatic heterocycles. The molecule has 0 amide bonds. The Labute approximate surface area is 93.5 Å². The zero-order chi connectivity index (χ0) is 10.8. The molecule has 4 heteroatoms. The third-order valence-electron chi connectivity index (χ3n) is 2.42. The molecule has 15 heavy (non-hydrogen) atoms. The lowest BCUT2D eigenvalue weighted by molar-refractivity contribution is 0.573. The van der Waals surface area contributed by atoms with Crippen LogP contribution in [0.25, 0.3) is 0 Å². The fraction of sp³-hybridized carbons (Fsp3) is 0.182. The Morgan fingerprint density at radius 2 is 1.93 bits per heavy atom. The predicted octanol–water partition coefficient (Wildman–Crippen LogP) is 2.73. The number of hydrogen-bond donors (Lipinski definition) is 1. The van der Waals surface area contributed by atoms with E-state index < -0.39 is 0 Å². The first kappa shape index (κ1) is 10.1. The van der Waals surface area contributed by atoms with E-state index in [4.69, 9.17) is 17.3 Å². The normalized spacial score (nSPS) is 12.7. The highest BCUT2D eigenvalue weighted by atomic mass is 35.5. The molecule has 1 heterocycles. The van der Waals surface area contributed by atoms with Crippen LogP contribution in [0.1, 0.15) is 18.5 Å². The van der Waals surface area contributed by atoms with Crippen molar-refractivity contribution in [3.63, 3.8) is 0 Å². The average Bonchev–Trinajstić information content (AvgIpc) is 2.65. The number of nitrogens with two attached hydrogens (primary N) is 1. The number of aromatic nitrogens is 2. The van der Waals surface area contributed by atoms with Crippen LogP contribution in [-0.4, -0.2) is 9.78 Å². The van der Waals surface area contributed by atoms with Crippen molar-refractivity contribution in [3.05, 3.63) is 47.1 Å². The second kappa shape index (κ2) is 3.95. The summed E-state index contributed by atoms with van der Waals surface area (Å²) < 4.78 is 1.78. The molecule has 2 rings (SSSR count). The van der Waals surface area contributed by atoms with E-state index in [2.05, 4.69) is 5.10 Å². The number of rotatable bonds is 2. The lowest BCUT2D eigenvalue weighted by atomic mass is 10.1. The van der Waals surface area contributed by atoms with Crippen molar-refractivity contribution in [2.75, 3.05) is 5.73 Å². The van der Waals surface area contributed by atoms with Crippen molar-refractivity contribution < 1.29 is 0 Å². The number of hydrogen-bond acceptors (Lipinski definition) is 2. The zero-order valence-corrected chi connectivity index (χ0v) is 9.15. The quantitative estimate of drug-likeness (QED) is 0.848. The van der Waals surface area contributed by atoms with Gasteiger partial charge in [-0.15, -0.1) is 0 Å². The fourth-order valence-electron chi connectivity index (χ4n) is 1.53. The van der Waals surface area contributed by atoms with Gasteiger partial charge in [0.2, 0.25) is 0 Å². The van der Waals surface area contributed by atoms with Crippen LogP contribution >= 0.6 is 11.6 Å². The summed E-state index contributed by atoms with van der Waals surface area (Å²) in [5.74, 6) is 0.664. The van der Waals surface area contributed by atoms with Gasteiger partial charge in [-0.2, -0.15) is 5.10 Å². The van der Waals surface area contributed by atoms with Crippen LogP contribution in [-0.2, 0) is 0 Å². The number of benzene rings is 1. The van der Waals surface area contributed by atoms with E-state index >= 15 is 0 Å². The van der Waals surface area contributed by atoms with E-state index in [1.54, 1.807) is 16.9 Å². The van der Waals surface area contributed by atoms with E-state index in [-0.39, 0.29) is 6.04 Å². The Kier molecular flexibility index (Phi) is 2.64. The Bertz CT molecular complexity index is 447. The lowest BCUT2D eigenvalue weighted by Crippen LogP contribution is -2.11. The maximum absolute atomic E-state index is 5.83. The monoisotopic (exact) mass is 221 g/mol. The number of nitrogens with zero attached hydrogens (tertiary/aromatic N) is 2. The molecule has 0 spiro atoms. The van der Waals surface area contributed by atoms with E-state index in [1.807, 2.05) is 31.2 Å². The molecule has 0 saturated heterocycles. The maximum atomic E-state index is 5.83. The molecular formula is C11H12ClN3. The van der Waals surface area contributed by atoms with Crippen LogP contribution in [0.3, 0.4) is 0 Å². The van der Waals surface area contributed by atoms with E-state index in [0.29, 0.717) is 5.82 Å². The van der Waals surface area contributed by atoms with Gasteiger partial charge in [-0.1, -0.05) is 23.7 Å². The van der Waals surface area contributed by atoms with Gasteiger partial charge in [0.05, 0.1) is 12.2 Å². The van der Waals surface area contributed by atoms with E-state index in [9.17, 15) is 0 Å². The summed E-state index contributed by atoms with van der Waals surface area (Å²) in [6, 6.07) is 9.60. The van der Waals surface area contributed by atoms with Gasteiger partial charge in [-0.25, -0.2) is 4.68 Å². The second-order valence-electron chi connectivity index (χ2n) is 3.43. The summed E-state index contributed by atoms with van der Waals surface area (Å²) in [5, 5.41) is 4.91. The molecule has 1 aromatic heterocycles. The molecule has 2 N–H and O–H groups in total. The summed E-state index contributed by atoms with van der Waals surface area (Å²) >= 11 is 5.83. The maximum Gasteiger partial charge on any atom is 0.122 e. The summed E-state index contributed by atoms with van der Waals surface area (Å²) in [6.07, 6.45) is 1.70. The standard InChI is InChI=1S/C11H12ClN3/c1-8(15-11(13)6-7-14-15)9-2-4-10(12)5-3-9/h2-8H,13H2,1H3/t8-/m1/s1. The van der Waals surface area contributed by atoms with Gasteiger partial charge in [-0.3, -0.25) is 0 Å². The van der Waals surface area contributed by atoms with Gasteiger partial charge in [-0.05, 0) is 30.7 Å². The third kappa shape index (κ3) is 1.97. The Balaban J connectivity index is 2.32. The van der Waals surface area contributed by atoms with Crippen LogP contribution in [0.15, 0.2) is 36.5 Å². The fourth-order valence-corrected chi connectivity index (χ4v) is 1.66. The van der Waals surface area contributed by atoms with Gasteiger partial charge < -0.3 is 5.73 Å². The van der Waals surface area contributed by atoms with Crippen molar-refractivity contribution >= 4 is 17.4 Å². The molecule has 0 radical (unpaired) electrons. The van der Waals surface area contributed by atoms with Gasteiger partial charge in [0, 0.05) is 5.02 Å². The highest BCUT2D eigenvalue weighted by molar-refractivity contribution is 6.30. The Morgan fingerprint density at radius 1 is 1.27 bits per heavy atom. The predicted molar refractivity (Wildman–Crippen MR) is 61.9 cm³/mol. The summed E-state index contributed by atoms with van der Waals surface area (Å²) in [4.78, 5) is 0. The summed E-state index contributed by atoms with van der Waals surface area (Å²) in [5.41, 5.74) is 6.92. The average molecular weight is 222 g/mol. The van der Waals surface area contributed by atoms with Crippen LogP contribution in [0.4, 0.5) is 5.82 Å². The first-order valence-electron chi connectivity index (χ1n) is 4.73. The molecular weight excluding hydrogens is 210 g/mol. The zero-order valence-electron chi connectivity index (χ0n) is 8.39. The summed E-state index contributed by atoms with van der Waals surface area (Å²) in [6.45, 7) is 2.05. The minimum Gasteiger partial charge on any atom is -0.384 e. The van der Waals surface area contributed by atoms with Crippen molar-refractivity contribution in [2.24, 2.45) is 0 Å². The minimum atomic E-state index is 0.122. The highest BCUT2D eigenvalue weighted by Crippen LogP contribution is 2.21. The van der Waals surface area contributed by atoms with Gasteiger partial charge >= 0.3 is 0 Å². The van der Waals surface area contributed by atoms with Gasteiger partial charge in [0.1, 0.15) is 5.82 Å². The van der Waals surface area contributed by atoms with Crippen molar-refractivity contribution in [1.82, 2.24) is 9.78 Å². The van der Waals surface area contributed by atoms with E-state index in [1.165, 1.54) is 0 Å². The molecule has 0 saturated carbocycles. The van der Waals surface area contributed by atoms with Crippen molar-refractivity contribution in [3.8, 4) is 0 Å². The van der Waals surface area contributed by atoms with Crippen molar-refractivity contribution in [1.29, 1.82) is 0 Å². The second-order valence-corrected chi connectivity index (χ2v) is 3.86. The smallest absolute Gasteiger partial charge is 0.122 e. The first-order chi connectivity index (χ1) is 7.18. The van der Waals surface area contributed by atoms with E-state index in [0.717, 1.165) is 10.6 Å². The molecule has 1 aromatic carbocycles. The molecule has 3 nitrogen and oxygen atoms in total. The molecule has 0 fully saturated rings. The molecule has 78 valence electrons. The van der Waals surface area contributed by atoms with Crippen LogP contribution in [0, 0.1) is 0 Å². The lowest BCUT2D eigenvalue weighted by Gasteiger charge is -2.14. The van der Waals surface area contributed by atoms with Crippen LogP contribution in [0.2, 0.25) is 5.02 Å². The van der Waals surface area contributed by atoms with Crippen LogP contribution < -0.4 is 5.73 Å². The SMILES string of the molecule is C[C@H](c1ccc(Cl)cc1)n1nccc1N. The topological polar surface area (TPSA) is 43.8 Å². The molecule has 0 aliphatic rings. The molecule has 1 atom stereocenters. The summed E-state index contributed by atoms with van der Waals surface area (Å²) in [7, 11) is 0. The number of anilines is 1. The van der Waals surface area contributed by atoms with Crippen molar-refractivity contribution in [2.45, 2.75) is 13.0 Å². The van der Waals surface area contributed by atoms with Gasteiger partial charge in [0.25, 0.3) is 0 Å². The molecule has 2 aromatic rings. The molecule has 0 unspecified atom stereocenters. The highest BCUT2D eigenvalue weighted by Gasteiger charge is 2.09. The van der Waals surface area contributed by atoms with Crippen LogP contribution in [0.5, 0.6) is 0 Å². The molecule has 0 bridgehead atoms. The largest absolute Gasteiger partial charge is 0.384 e. The Hall–Kier alpha value is -1.48. The number of nitrogen functional groups attached to an aromatic ring is 1. The third-order valence-corrected chi connectivity index (χ3v) is 2.67. The number of halogens is 1. The minimum absolute atomic E-state index is 0.122. The first-order valence-corrected chi connectivity index (χ1v) is 5.11. The molecule has 0 aliphatic carbocycles.